The molecule has 1 atom stereocenters. The van der Waals surface area contributed by atoms with Gasteiger partial charge in [-0.1, -0.05) is 30.3 Å². The summed E-state index contributed by atoms with van der Waals surface area (Å²) < 4.78 is 0. The van der Waals surface area contributed by atoms with Gasteiger partial charge in [0.2, 0.25) is 5.91 Å². The molecule has 2 aromatic carbocycles. The van der Waals surface area contributed by atoms with E-state index in [0.29, 0.717) is 38.3 Å². The van der Waals surface area contributed by atoms with Crippen LogP contribution in [0.4, 0.5) is 5.69 Å². The molecule has 0 N–H and O–H groups in total. The number of carbonyl (C=O) groups is 2. The van der Waals surface area contributed by atoms with Crippen LogP contribution >= 0.6 is 11.3 Å². The number of thiophene rings is 1. The van der Waals surface area contributed by atoms with Crippen molar-refractivity contribution in [2.45, 2.75) is 19.4 Å². The Bertz CT molecular complexity index is 1300. The molecule has 0 radical (unpaired) electrons. The predicted molar refractivity (Wildman–Crippen MR) is 138 cm³/mol. The summed E-state index contributed by atoms with van der Waals surface area (Å²) >= 11 is 1.79. The number of nitrogens with zero attached hydrogens (tertiary/aromatic N) is 4. The van der Waals surface area contributed by atoms with Gasteiger partial charge in [-0.3, -0.25) is 24.6 Å². The number of amides is 2. The van der Waals surface area contributed by atoms with Gasteiger partial charge in [0.05, 0.1) is 17.5 Å². The maximum absolute atomic E-state index is 13.4. The van der Waals surface area contributed by atoms with E-state index >= 15 is 0 Å². The Hall–Kier alpha value is -3.56. The van der Waals surface area contributed by atoms with E-state index < -0.39 is 4.92 Å². The molecule has 1 saturated heterocycles. The minimum absolute atomic E-state index is 0.0573. The van der Waals surface area contributed by atoms with Crippen LogP contribution in [0.5, 0.6) is 0 Å². The van der Waals surface area contributed by atoms with Crippen molar-refractivity contribution in [1.29, 1.82) is 0 Å². The zero-order chi connectivity index (χ0) is 25.2. The van der Waals surface area contributed by atoms with Crippen molar-refractivity contribution in [3.8, 4) is 0 Å². The highest BCUT2D eigenvalue weighted by atomic mass is 32.1. The summed E-state index contributed by atoms with van der Waals surface area (Å²) in [5.41, 5.74) is 3.93. The third kappa shape index (κ3) is 4.76. The van der Waals surface area contributed by atoms with E-state index in [1.807, 2.05) is 11.0 Å². The molecule has 9 heteroatoms. The molecule has 2 aliphatic heterocycles. The average Bonchev–Trinajstić information content (AvgIpc) is 3.38. The van der Waals surface area contributed by atoms with Crippen molar-refractivity contribution in [1.82, 2.24) is 14.7 Å². The quantitative estimate of drug-likeness (QED) is 0.389. The molecule has 0 aliphatic carbocycles. The van der Waals surface area contributed by atoms with Gasteiger partial charge in [0.15, 0.2) is 0 Å². The van der Waals surface area contributed by atoms with Crippen LogP contribution in [0.25, 0.3) is 0 Å². The van der Waals surface area contributed by atoms with Crippen LogP contribution in [0.1, 0.15) is 38.0 Å². The van der Waals surface area contributed by atoms with Gasteiger partial charge < -0.3 is 9.80 Å². The number of benzene rings is 2. The Kier molecular flexibility index (Phi) is 6.84. The Morgan fingerprint density at radius 3 is 2.47 bits per heavy atom. The van der Waals surface area contributed by atoms with Gasteiger partial charge in [-0.15, -0.1) is 11.3 Å². The lowest BCUT2D eigenvalue weighted by Gasteiger charge is -2.39. The maximum Gasteiger partial charge on any atom is 0.270 e. The van der Waals surface area contributed by atoms with Crippen LogP contribution in [0.15, 0.2) is 60.0 Å². The number of rotatable bonds is 5. The number of fused-ring (bicyclic) bond motifs is 1. The zero-order valence-electron chi connectivity index (χ0n) is 20.1. The number of piperazine rings is 1. The Morgan fingerprint density at radius 2 is 1.72 bits per heavy atom. The number of hydrogen-bond donors (Lipinski definition) is 0. The summed E-state index contributed by atoms with van der Waals surface area (Å²) in [6.45, 7) is 4.98. The largest absolute Gasteiger partial charge is 0.338 e. The maximum atomic E-state index is 13.4. The molecule has 1 fully saturated rings. The van der Waals surface area contributed by atoms with Crippen LogP contribution in [-0.2, 0) is 11.2 Å². The fourth-order valence-electron chi connectivity index (χ4n) is 5.16. The van der Waals surface area contributed by atoms with Gasteiger partial charge in [0, 0.05) is 55.3 Å². The molecule has 2 amide bonds. The van der Waals surface area contributed by atoms with E-state index in [-0.39, 0.29) is 23.5 Å². The summed E-state index contributed by atoms with van der Waals surface area (Å²) in [7, 11) is 0. The van der Waals surface area contributed by atoms with E-state index in [1.54, 1.807) is 22.3 Å². The molecule has 1 aromatic heterocycles. The van der Waals surface area contributed by atoms with Crippen molar-refractivity contribution < 1.29 is 14.5 Å². The second-order valence-electron chi connectivity index (χ2n) is 9.26. The van der Waals surface area contributed by atoms with Gasteiger partial charge in [0.1, 0.15) is 0 Å². The molecule has 2 aliphatic rings. The Morgan fingerprint density at radius 1 is 0.972 bits per heavy atom. The summed E-state index contributed by atoms with van der Waals surface area (Å²) in [6, 6.07) is 16.4. The monoisotopic (exact) mass is 504 g/mol. The highest BCUT2D eigenvalue weighted by molar-refractivity contribution is 7.10. The van der Waals surface area contributed by atoms with Gasteiger partial charge in [-0.05, 0) is 47.5 Å². The molecule has 0 spiro atoms. The van der Waals surface area contributed by atoms with Gasteiger partial charge in [0.25, 0.3) is 11.6 Å². The molecule has 3 aromatic rings. The minimum Gasteiger partial charge on any atom is -0.338 e. The summed E-state index contributed by atoms with van der Waals surface area (Å²) in [6.07, 6.45) is 0.939. The lowest BCUT2D eigenvalue weighted by atomic mass is 9.90. The van der Waals surface area contributed by atoms with Crippen molar-refractivity contribution in [3.05, 3.63) is 97.2 Å². The molecule has 5 rings (SSSR count). The first kappa shape index (κ1) is 24.1. The summed E-state index contributed by atoms with van der Waals surface area (Å²) in [5.74, 6) is -0.179. The number of nitro benzene ring substituents is 1. The number of aryl methyl sites for hydroxylation is 1. The smallest absolute Gasteiger partial charge is 0.270 e. The standard InChI is InChI=1S/C27H28N4O4S/c1-19-5-2-3-8-22(19)26-23-10-16-36-24(23)9-11-30(26)18-25(32)28-12-14-29(15-13-28)27(33)20-6-4-7-21(17-20)31(34)35/h2-8,10,16-17,26H,9,11-15,18H2,1H3/t26-/m0/s1. The minimum atomic E-state index is -0.503. The second-order valence-corrected chi connectivity index (χ2v) is 10.3. The topological polar surface area (TPSA) is 87.0 Å². The molecular formula is C27H28N4O4S. The van der Waals surface area contributed by atoms with E-state index in [0.717, 1.165) is 13.0 Å². The number of non-ortho nitro benzene ring substituents is 1. The van der Waals surface area contributed by atoms with Crippen molar-refractivity contribution in [2.24, 2.45) is 0 Å². The van der Waals surface area contributed by atoms with Gasteiger partial charge in [-0.2, -0.15) is 0 Å². The SMILES string of the molecule is Cc1ccccc1[C@H]1c2ccsc2CCN1CC(=O)N1CCN(C(=O)c2cccc([N+](=O)[O-])c2)CC1. The van der Waals surface area contributed by atoms with Crippen molar-refractivity contribution in [2.75, 3.05) is 39.3 Å². The Balaban J connectivity index is 1.25. The van der Waals surface area contributed by atoms with Crippen molar-refractivity contribution >= 4 is 28.8 Å². The van der Waals surface area contributed by atoms with Crippen LogP contribution in [0.3, 0.4) is 0 Å². The first-order chi connectivity index (χ1) is 17.4. The first-order valence-corrected chi connectivity index (χ1v) is 13.0. The van der Waals surface area contributed by atoms with Crippen LogP contribution in [0.2, 0.25) is 0 Å². The number of hydrogen-bond acceptors (Lipinski definition) is 6. The fourth-order valence-corrected chi connectivity index (χ4v) is 6.07. The molecule has 8 nitrogen and oxygen atoms in total. The van der Waals surface area contributed by atoms with E-state index in [2.05, 4.69) is 41.5 Å². The number of carbonyl (C=O) groups excluding carboxylic acids is 2. The lowest BCUT2D eigenvalue weighted by Crippen LogP contribution is -2.53. The van der Waals surface area contributed by atoms with Gasteiger partial charge >= 0.3 is 0 Å². The molecule has 0 unspecified atom stereocenters. The molecule has 0 bridgehead atoms. The highest BCUT2D eigenvalue weighted by Crippen LogP contribution is 2.38. The van der Waals surface area contributed by atoms with Crippen LogP contribution < -0.4 is 0 Å². The van der Waals surface area contributed by atoms with Crippen LogP contribution in [-0.4, -0.2) is 70.7 Å². The Labute approximate surface area is 213 Å². The summed E-state index contributed by atoms with van der Waals surface area (Å²) in [5, 5.41) is 13.2. The van der Waals surface area contributed by atoms with Gasteiger partial charge in [-0.25, -0.2) is 0 Å². The molecule has 3 heterocycles. The molecule has 36 heavy (non-hydrogen) atoms. The van der Waals surface area contributed by atoms with Crippen LogP contribution in [0, 0.1) is 17.0 Å². The summed E-state index contributed by atoms with van der Waals surface area (Å²) in [4.78, 5) is 43.9. The number of nitro groups is 1. The van der Waals surface area contributed by atoms with E-state index in [1.165, 1.54) is 39.8 Å². The molecule has 186 valence electrons. The third-order valence-electron chi connectivity index (χ3n) is 7.11. The highest BCUT2D eigenvalue weighted by Gasteiger charge is 2.33. The predicted octanol–water partition coefficient (Wildman–Crippen LogP) is 3.90. The molecular weight excluding hydrogens is 476 g/mol. The van der Waals surface area contributed by atoms with E-state index in [9.17, 15) is 19.7 Å². The fraction of sp³-hybridized carbons (Fsp3) is 0.333. The average molecular weight is 505 g/mol. The van der Waals surface area contributed by atoms with Crippen molar-refractivity contribution in [3.63, 3.8) is 0 Å². The zero-order valence-corrected chi connectivity index (χ0v) is 20.9. The molecule has 0 saturated carbocycles. The third-order valence-corrected chi connectivity index (χ3v) is 8.11. The van der Waals surface area contributed by atoms with E-state index in [4.69, 9.17) is 0 Å². The first-order valence-electron chi connectivity index (χ1n) is 12.1. The normalized spacial score (nSPS) is 18.1. The second kappa shape index (κ2) is 10.2. The lowest BCUT2D eigenvalue weighted by molar-refractivity contribution is -0.384.